The van der Waals surface area contributed by atoms with E-state index in [1.165, 1.54) is 0 Å². The third-order valence-corrected chi connectivity index (χ3v) is 5.59. The van der Waals surface area contributed by atoms with Gasteiger partial charge in [-0.25, -0.2) is 14.6 Å². The molecule has 2 N–H and O–H groups in total. The van der Waals surface area contributed by atoms with Crippen molar-refractivity contribution in [1.82, 2.24) is 34.8 Å². The molecular weight excluding hydrogens is 390 g/mol. The maximum Gasteiger partial charge on any atom is 0.270 e. The van der Waals surface area contributed by atoms with Crippen LogP contribution in [0.4, 0.5) is 0 Å². The monoisotopic (exact) mass is 415 g/mol. The summed E-state index contributed by atoms with van der Waals surface area (Å²) in [7, 11) is 0. The highest BCUT2D eigenvalue weighted by atomic mass is 16.1. The number of nitrogens with one attached hydrogen (secondary N) is 2. The van der Waals surface area contributed by atoms with Crippen molar-refractivity contribution < 1.29 is 4.79 Å². The molecule has 1 aliphatic heterocycles. The Kier molecular flexibility index (Phi) is 4.99. The van der Waals surface area contributed by atoms with E-state index >= 15 is 0 Å². The minimum absolute atomic E-state index is 0.116. The van der Waals surface area contributed by atoms with Gasteiger partial charge in [0.25, 0.3) is 5.91 Å². The molecule has 4 aromatic rings. The van der Waals surface area contributed by atoms with E-state index in [1.807, 2.05) is 65.5 Å². The van der Waals surface area contributed by atoms with Gasteiger partial charge in [-0.05, 0) is 30.5 Å². The number of imidazole rings is 1. The number of aromatic nitrogens is 5. The van der Waals surface area contributed by atoms with Crippen molar-refractivity contribution in [2.24, 2.45) is 0 Å². The van der Waals surface area contributed by atoms with Crippen LogP contribution in [0.3, 0.4) is 0 Å². The van der Waals surface area contributed by atoms with Crippen molar-refractivity contribution in [3.63, 3.8) is 0 Å². The van der Waals surface area contributed by atoms with Crippen molar-refractivity contribution >= 4 is 11.6 Å². The molecule has 31 heavy (non-hydrogen) atoms. The largest absolute Gasteiger partial charge is 0.347 e. The maximum absolute atomic E-state index is 13.0. The van der Waals surface area contributed by atoms with Gasteiger partial charge in [0.05, 0.1) is 18.8 Å². The summed E-state index contributed by atoms with van der Waals surface area (Å²) in [6.07, 6.45) is 2.66. The second-order valence-electron chi connectivity index (χ2n) is 7.83. The molecule has 0 spiro atoms. The summed E-state index contributed by atoms with van der Waals surface area (Å²) < 4.78 is 3.84. The van der Waals surface area contributed by atoms with Crippen LogP contribution in [0.5, 0.6) is 0 Å². The molecule has 1 amide bonds. The van der Waals surface area contributed by atoms with E-state index in [0.29, 0.717) is 18.7 Å². The number of hydrogen-bond donors (Lipinski definition) is 2. The van der Waals surface area contributed by atoms with E-state index < -0.39 is 0 Å². The second kappa shape index (κ2) is 7.96. The Hall–Kier alpha value is -3.52. The minimum Gasteiger partial charge on any atom is -0.347 e. The van der Waals surface area contributed by atoms with E-state index in [0.717, 1.165) is 59.3 Å². The normalized spacial score (nSPS) is 13.4. The van der Waals surface area contributed by atoms with Gasteiger partial charge < -0.3 is 10.6 Å². The van der Waals surface area contributed by atoms with Crippen LogP contribution in [-0.2, 0) is 26.1 Å². The summed E-state index contributed by atoms with van der Waals surface area (Å²) in [4.78, 5) is 22.2. The number of fused-ring (bicyclic) bond motifs is 2. The number of rotatable bonds is 5. The smallest absolute Gasteiger partial charge is 0.270 e. The molecule has 0 saturated heterocycles. The molecule has 0 bridgehead atoms. The van der Waals surface area contributed by atoms with Crippen LogP contribution < -0.4 is 10.6 Å². The Morgan fingerprint density at radius 3 is 2.77 bits per heavy atom. The van der Waals surface area contributed by atoms with Gasteiger partial charge >= 0.3 is 0 Å². The Morgan fingerprint density at radius 1 is 1.16 bits per heavy atom. The van der Waals surface area contributed by atoms with Crippen LogP contribution in [0.15, 0.2) is 42.6 Å². The van der Waals surface area contributed by atoms with Gasteiger partial charge in [0.1, 0.15) is 17.2 Å². The summed E-state index contributed by atoms with van der Waals surface area (Å²) in [5, 5.41) is 10.9. The molecule has 8 nitrogen and oxygen atoms in total. The fourth-order valence-corrected chi connectivity index (χ4v) is 3.92. The van der Waals surface area contributed by atoms with Crippen molar-refractivity contribution in [3.05, 3.63) is 70.9 Å². The van der Waals surface area contributed by atoms with Gasteiger partial charge in [0.15, 0.2) is 5.82 Å². The predicted octanol–water partition coefficient (Wildman–Crippen LogP) is 2.50. The third kappa shape index (κ3) is 3.70. The summed E-state index contributed by atoms with van der Waals surface area (Å²) in [6.45, 7) is 6.98. The number of hydrogen-bond acceptors (Lipinski definition) is 5. The highest BCUT2D eigenvalue weighted by Gasteiger charge is 2.18. The van der Waals surface area contributed by atoms with Crippen LogP contribution in [0, 0.1) is 6.92 Å². The molecule has 0 atom stereocenters. The Morgan fingerprint density at radius 2 is 2.00 bits per heavy atom. The lowest BCUT2D eigenvalue weighted by Crippen LogP contribution is -2.28. The highest BCUT2D eigenvalue weighted by Crippen LogP contribution is 2.18. The zero-order valence-corrected chi connectivity index (χ0v) is 17.7. The molecule has 8 heteroatoms. The number of amides is 1. The summed E-state index contributed by atoms with van der Waals surface area (Å²) in [6, 6.07) is 12.0. The first-order chi connectivity index (χ1) is 15.1. The van der Waals surface area contributed by atoms with Gasteiger partial charge in [-0.2, -0.15) is 5.10 Å². The summed E-state index contributed by atoms with van der Waals surface area (Å²) in [5.41, 5.74) is 5.29. The van der Waals surface area contributed by atoms with Crippen molar-refractivity contribution in [1.29, 1.82) is 0 Å². The van der Waals surface area contributed by atoms with Gasteiger partial charge in [-0.1, -0.05) is 37.3 Å². The Bertz CT molecular complexity index is 1230. The third-order valence-electron chi connectivity index (χ3n) is 5.59. The zero-order chi connectivity index (χ0) is 21.4. The lowest BCUT2D eigenvalue weighted by Gasteiger charge is -2.11. The maximum atomic E-state index is 13.0. The van der Waals surface area contributed by atoms with E-state index in [-0.39, 0.29) is 5.91 Å². The number of aryl methyl sites for hydroxylation is 2. The summed E-state index contributed by atoms with van der Waals surface area (Å²) in [5.74, 6) is 1.59. The molecule has 0 aliphatic carbocycles. The standard InChI is InChI=1S/C23H25N7O/c1-3-18-21(29-14-15(2)4-9-19(29)26-18)23(31)25-12-16-5-7-17(8-6-16)22-27-20-13-24-10-11-30(20)28-22/h4-9,14,24H,3,10-13H2,1-2H3,(H,25,31). The van der Waals surface area contributed by atoms with Crippen LogP contribution in [0.1, 0.15) is 40.1 Å². The highest BCUT2D eigenvalue weighted by molar-refractivity contribution is 5.94. The van der Waals surface area contributed by atoms with E-state index in [1.54, 1.807) is 0 Å². The topological polar surface area (TPSA) is 89.1 Å². The molecule has 1 aliphatic rings. The van der Waals surface area contributed by atoms with Gasteiger partial charge in [0.2, 0.25) is 0 Å². The quantitative estimate of drug-likeness (QED) is 0.523. The molecular formula is C23H25N7O. The number of carbonyl (C=O) groups excluding carboxylic acids is 1. The van der Waals surface area contributed by atoms with Crippen LogP contribution >= 0.6 is 0 Å². The lowest BCUT2D eigenvalue weighted by molar-refractivity contribution is 0.0944. The van der Waals surface area contributed by atoms with E-state index in [4.69, 9.17) is 0 Å². The van der Waals surface area contributed by atoms with Crippen molar-refractivity contribution in [2.45, 2.75) is 39.9 Å². The number of nitrogens with zero attached hydrogens (tertiary/aromatic N) is 5. The minimum atomic E-state index is -0.116. The molecule has 4 heterocycles. The first-order valence-corrected chi connectivity index (χ1v) is 10.6. The first kappa shape index (κ1) is 19.4. The summed E-state index contributed by atoms with van der Waals surface area (Å²) >= 11 is 0. The van der Waals surface area contributed by atoms with Crippen molar-refractivity contribution in [3.8, 4) is 11.4 Å². The van der Waals surface area contributed by atoms with Gasteiger partial charge in [0, 0.05) is 24.8 Å². The number of carbonyl (C=O) groups is 1. The molecule has 0 saturated carbocycles. The van der Waals surface area contributed by atoms with E-state index in [9.17, 15) is 4.79 Å². The molecule has 158 valence electrons. The van der Waals surface area contributed by atoms with Crippen molar-refractivity contribution in [2.75, 3.05) is 6.54 Å². The first-order valence-electron chi connectivity index (χ1n) is 10.6. The SMILES string of the molecule is CCc1nc2ccc(C)cn2c1C(=O)NCc1ccc(-c2nc3n(n2)CCNC3)cc1. The molecule has 5 rings (SSSR count). The lowest BCUT2D eigenvalue weighted by atomic mass is 10.1. The average Bonchev–Trinajstić information content (AvgIpc) is 3.39. The molecule has 0 fully saturated rings. The fraction of sp³-hybridized carbons (Fsp3) is 0.304. The number of benzene rings is 1. The van der Waals surface area contributed by atoms with Gasteiger partial charge in [-0.15, -0.1) is 0 Å². The molecule has 1 aromatic carbocycles. The predicted molar refractivity (Wildman–Crippen MR) is 118 cm³/mol. The van der Waals surface area contributed by atoms with Crippen LogP contribution in [0.2, 0.25) is 0 Å². The average molecular weight is 416 g/mol. The van der Waals surface area contributed by atoms with E-state index in [2.05, 4.69) is 25.7 Å². The molecule has 3 aromatic heterocycles. The van der Waals surface area contributed by atoms with Crippen LogP contribution in [0.25, 0.3) is 17.0 Å². The van der Waals surface area contributed by atoms with Crippen LogP contribution in [-0.4, -0.2) is 36.6 Å². The molecule has 0 radical (unpaired) electrons. The zero-order valence-electron chi connectivity index (χ0n) is 17.7. The fourth-order valence-electron chi connectivity index (χ4n) is 3.92. The number of pyridine rings is 1. The Labute approximate surface area is 180 Å². The van der Waals surface area contributed by atoms with Gasteiger partial charge in [-0.3, -0.25) is 9.20 Å². The second-order valence-corrected chi connectivity index (χ2v) is 7.83. The molecule has 0 unspecified atom stereocenters. The Balaban J connectivity index is 1.31.